The largest absolute Gasteiger partial charge is 0.315 e. The predicted octanol–water partition coefficient (Wildman–Crippen LogP) is 2.14. The molecule has 1 saturated heterocycles. The van der Waals surface area contributed by atoms with E-state index >= 15 is 0 Å². The minimum Gasteiger partial charge on any atom is -0.315 e. The van der Waals surface area contributed by atoms with Crippen molar-refractivity contribution in [3.05, 3.63) is 0 Å². The van der Waals surface area contributed by atoms with Crippen molar-refractivity contribution < 1.29 is 0 Å². The predicted molar refractivity (Wildman–Crippen MR) is 67.2 cm³/mol. The van der Waals surface area contributed by atoms with Crippen molar-refractivity contribution in [3.8, 4) is 6.07 Å². The summed E-state index contributed by atoms with van der Waals surface area (Å²) in [4.78, 5) is 2.35. The third kappa shape index (κ3) is 4.96. The van der Waals surface area contributed by atoms with Gasteiger partial charge in [-0.3, -0.25) is 4.90 Å². The van der Waals surface area contributed by atoms with Crippen LogP contribution in [0.3, 0.4) is 0 Å². The summed E-state index contributed by atoms with van der Waals surface area (Å²) < 4.78 is 0. The monoisotopic (exact) mass is 223 g/mol. The van der Waals surface area contributed by atoms with Gasteiger partial charge in [-0.25, -0.2) is 0 Å². The van der Waals surface area contributed by atoms with Crippen LogP contribution >= 0.6 is 0 Å². The maximum atomic E-state index is 9.21. The molecular weight excluding hydrogens is 198 g/mol. The third-order valence-electron chi connectivity index (χ3n) is 3.30. The van der Waals surface area contributed by atoms with Crippen LogP contribution in [0, 0.1) is 11.3 Å². The van der Waals surface area contributed by atoms with Gasteiger partial charge in [-0.15, -0.1) is 0 Å². The third-order valence-corrected chi connectivity index (χ3v) is 3.30. The summed E-state index contributed by atoms with van der Waals surface area (Å²) in [5.74, 6) is 0. The van der Waals surface area contributed by atoms with E-state index in [-0.39, 0.29) is 6.04 Å². The second-order valence-electron chi connectivity index (χ2n) is 4.63. The molecule has 0 aromatic carbocycles. The number of nitriles is 1. The molecule has 1 atom stereocenters. The number of unbranched alkanes of at least 4 members (excludes halogenated alkanes) is 3. The lowest BCUT2D eigenvalue weighted by molar-refractivity contribution is 0.236. The van der Waals surface area contributed by atoms with Gasteiger partial charge in [0.05, 0.1) is 12.1 Å². The van der Waals surface area contributed by atoms with Crippen LogP contribution in [0.25, 0.3) is 0 Å². The molecule has 1 rings (SSSR count). The van der Waals surface area contributed by atoms with Gasteiger partial charge in [-0.2, -0.15) is 5.26 Å². The van der Waals surface area contributed by atoms with Crippen LogP contribution in [0.4, 0.5) is 0 Å². The second kappa shape index (κ2) is 8.55. The molecular formula is C13H25N3. The van der Waals surface area contributed by atoms with Gasteiger partial charge >= 0.3 is 0 Å². The average Bonchev–Trinajstić information content (AvgIpc) is 2.58. The molecule has 0 radical (unpaired) electrons. The van der Waals surface area contributed by atoms with Gasteiger partial charge in [0.1, 0.15) is 0 Å². The van der Waals surface area contributed by atoms with E-state index in [4.69, 9.17) is 0 Å². The first-order valence-corrected chi connectivity index (χ1v) is 6.73. The first-order chi connectivity index (χ1) is 7.88. The molecule has 3 heteroatoms. The number of rotatable bonds is 6. The average molecular weight is 223 g/mol. The molecule has 0 saturated carbocycles. The lowest BCUT2D eigenvalue weighted by Crippen LogP contribution is -2.37. The molecule has 1 heterocycles. The quantitative estimate of drug-likeness (QED) is 0.701. The highest BCUT2D eigenvalue weighted by molar-refractivity contribution is 4.92. The molecule has 0 aromatic rings. The first kappa shape index (κ1) is 13.5. The Kier molecular flexibility index (Phi) is 7.20. The number of nitrogens with one attached hydrogen (secondary N) is 1. The highest BCUT2D eigenvalue weighted by Crippen LogP contribution is 2.11. The summed E-state index contributed by atoms with van der Waals surface area (Å²) in [7, 11) is 0. The fraction of sp³-hybridized carbons (Fsp3) is 0.923. The lowest BCUT2D eigenvalue weighted by atomic mass is 10.1. The Morgan fingerprint density at radius 1 is 1.25 bits per heavy atom. The summed E-state index contributed by atoms with van der Waals surface area (Å²) in [5.41, 5.74) is 0. The van der Waals surface area contributed by atoms with Crippen LogP contribution < -0.4 is 5.32 Å². The maximum Gasteiger partial charge on any atom is 0.0978 e. The first-order valence-electron chi connectivity index (χ1n) is 6.73. The maximum absolute atomic E-state index is 9.21. The van der Waals surface area contributed by atoms with E-state index in [0.717, 1.165) is 32.6 Å². The van der Waals surface area contributed by atoms with E-state index in [1.54, 1.807) is 0 Å². The normalized spacial score (nSPS) is 20.0. The lowest BCUT2D eigenvalue weighted by Gasteiger charge is -2.24. The molecule has 0 spiro atoms. The summed E-state index contributed by atoms with van der Waals surface area (Å²) in [6.45, 7) is 6.48. The van der Waals surface area contributed by atoms with Gasteiger partial charge in [0.25, 0.3) is 0 Å². The van der Waals surface area contributed by atoms with Gasteiger partial charge in [-0.1, -0.05) is 32.6 Å². The molecule has 0 aromatic heterocycles. The Morgan fingerprint density at radius 2 is 2.12 bits per heavy atom. The van der Waals surface area contributed by atoms with Gasteiger partial charge < -0.3 is 5.32 Å². The van der Waals surface area contributed by atoms with Gasteiger partial charge in [0.2, 0.25) is 0 Å². The molecule has 1 unspecified atom stereocenters. The zero-order valence-corrected chi connectivity index (χ0v) is 10.5. The van der Waals surface area contributed by atoms with Crippen molar-refractivity contribution in [2.24, 2.45) is 0 Å². The molecule has 1 N–H and O–H groups in total. The van der Waals surface area contributed by atoms with Crippen molar-refractivity contribution in [2.75, 3.05) is 26.2 Å². The molecule has 92 valence electrons. The zero-order valence-electron chi connectivity index (χ0n) is 10.5. The van der Waals surface area contributed by atoms with Crippen molar-refractivity contribution in [2.45, 2.75) is 51.5 Å². The molecule has 0 bridgehead atoms. The van der Waals surface area contributed by atoms with E-state index in [1.807, 2.05) is 0 Å². The highest BCUT2D eigenvalue weighted by Gasteiger charge is 2.18. The molecule has 3 nitrogen and oxygen atoms in total. The minimum absolute atomic E-state index is 0.150. The molecule has 16 heavy (non-hydrogen) atoms. The van der Waals surface area contributed by atoms with E-state index in [1.165, 1.54) is 32.1 Å². The standard InChI is InChI=1S/C13H25N3/c1-2-3-4-5-7-13(12-14)16-10-6-8-15-9-11-16/h13,15H,2-11H2,1H3. The van der Waals surface area contributed by atoms with Gasteiger partial charge in [0, 0.05) is 19.6 Å². The summed E-state index contributed by atoms with van der Waals surface area (Å²) in [6.07, 6.45) is 7.28. The SMILES string of the molecule is CCCCCCC(C#N)N1CCCNCC1. The Balaban J connectivity index is 2.25. The fourth-order valence-corrected chi connectivity index (χ4v) is 2.27. The number of hydrogen-bond donors (Lipinski definition) is 1. The number of hydrogen-bond acceptors (Lipinski definition) is 3. The second-order valence-corrected chi connectivity index (χ2v) is 4.63. The highest BCUT2D eigenvalue weighted by atomic mass is 15.2. The topological polar surface area (TPSA) is 39.1 Å². The van der Waals surface area contributed by atoms with Crippen molar-refractivity contribution >= 4 is 0 Å². The smallest absolute Gasteiger partial charge is 0.0978 e. The molecule has 0 amide bonds. The van der Waals surface area contributed by atoms with Crippen molar-refractivity contribution in [3.63, 3.8) is 0 Å². The van der Waals surface area contributed by atoms with Crippen LogP contribution in [0.1, 0.15) is 45.4 Å². The van der Waals surface area contributed by atoms with Gasteiger partial charge in [-0.05, 0) is 19.4 Å². The summed E-state index contributed by atoms with van der Waals surface area (Å²) >= 11 is 0. The van der Waals surface area contributed by atoms with Crippen LogP contribution in [0.15, 0.2) is 0 Å². The van der Waals surface area contributed by atoms with E-state index < -0.39 is 0 Å². The Bertz CT molecular complexity index is 202. The van der Waals surface area contributed by atoms with Crippen molar-refractivity contribution in [1.82, 2.24) is 10.2 Å². The fourth-order valence-electron chi connectivity index (χ4n) is 2.27. The minimum atomic E-state index is 0.150. The van der Waals surface area contributed by atoms with E-state index in [9.17, 15) is 5.26 Å². The zero-order chi connectivity index (χ0) is 11.6. The number of nitrogens with zero attached hydrogens (tertiary/aromatic N) is 2. The van der Waals surface area contributed by atoms with Crippen LogP contribution in [-0.4, -0.2) is 37.1 Å². The van der Waals surface area contributed by atoms with Gasteiger partial charge in [0.15, 0.2) is 0 Å². The van der Waals surface area contributed by atoms with Crippen LogP contribution in [-0.2, 0) is 0 Å². The Hall–Kier alpha value is -0.590. The van der Waals surface area contributed by atoms with E-state index in [2.05, 4.69) is 23.2 Å². The molecule has 1 aliphatic rings. The molecule has 0 aliphatic carbocycles. The Labute approximate surface area is 99.8 Å². The molecule has 1 fully saturated rings. The van der Waals surface area contributed by atoms with Crippen LogP contribution in [0.5, 0.6) is 0 Å². The Morgan fingerprint density at radius 3 is 2.88 bits per heavy atom. The van der Waals surface area contributed by atoms with Crippen LogP contribution in [0.2, 0.25) is 0 Å². The molecule has 1 aliphatic heterocycles. The summed E-state index contributed by atoms with van der Waals surface area (Å²) in [6, 6.07) is 2.62. The summed E-state index contributed by atoms with van der Waals surface area (Å²) in [5, 5.41) is 12.6. The van der Waals surface area contributed by atoms with E-state index in [0.29, 0.717) is 0 Å². The van der Waals surface area contributed by atoms with Crippen molar-refractivity contribution in [1.29, 1.82) is 5.26 Å².